The molecule has 0 radical (unpaired) electrons. The maximum Gasteiger partial charge on any atom is 0.335 e. The van der Waals surface area contributed by atoms with Gasteiger partial charge in [0.05, 0.1) is 12.2 Å². The number of aromatic hydroxyl groups is 1. The molecule has 1 aliphatic carbocycles. The molecular formula is C21H31NO5. The summed E-state index contributed by atoms with van der Waals surface area (Å²) in [5.74, 6) is -0.261. The van der Waals surface area contributed by atoms with Gasteiger partial charge in [-0.3, -0.25) is 4.79 Å². The summed E-state index contributed by atoms with van der Waals surface area (Å²) in [5, 5.41) is 13.0. The molecule has 2 N–H and O–H groups in total. The normalized spacial score (nSPS) is 15.9. The third kappa shape index (κ3) is 6.54. The molecule has 1 aromatic carbocycles. The largest absolute Gasteiger partial charge is 0.507 e. The summed E-state index contributed by atoms with van der Waals surface area (Å²) in [6.07, 6.45) is 5.55. The lowest BCUT2D eigenvalue weighted by Crippen LogP contribution is -2.31. The van der Waals surface area contributed by atoms with Gasteiger partial charge in [-0.25, -0.2) is 4.79 Å². The van der Waals surface area contributed by atoms with E-state index in [1.807, 2.05) is 6.92 Å². The summed E-state index contributed by atoms with van der Waals surface area (Å²) in [5.41, 5.74) is 0.963. The molecule has 1 amide bonds. The van der Waals surface area contributed by atoms with E-state index in [9.17, 15) is 14.7 Å². The number of phenolic OH excluding ortho intramolecular Hbond substituents is 1. The fraction of sp³-hybridized carbons (Fsp3) is 0.619. The van der Waals surface area contributed by atoms with Crippen LogP contribution in [0.25, 0.3) is 0 Å². The van der Waals surface area contributed by atoms with Crippen molar-refractivity contribution < 1.29 is 24.2 Å². The van der Waals surface area contributed by atoms with Gasteiger partial charge < -0.3 is 19.9 Å². The van der Waals surface area contributed by atoms with Gasteiger partial charge in [0, 0.05) is 19.6 Å². The van der Waals surface area contributed by atoms with Gasteiger partial charge in [-0.2, -0.15) is 0 Å². The molecular weight excluding hydrogens is 346 g/mol. The minimum Gasteiger partial charge on any atom is -0.507 e. The molecule has 6 heteroatoms. The van der Waals surface area contributed by atoms with Crippen LogP contribution in [-0.4, -0.2) is 42.8 Å². The fourth-order valence-corrected chi connectivity index (χ4v) is 3.48. The molecule has 0 bridgehead atoms. The number of amides is 1. The number of carbonyl (C=O) groups is 2. The minimum atomic E-state index is -0.724. The number of carbonyl (C=O) groups excluding carboxylic acids is 2. The first-order valence-corrected chi connectivity index (χ1v) is 9.93. The van der Waals surface area contributed by atoms with E-state index in [0.717, 1.165) is 18.4 Å². The fourth-order valence-electron chi connectivity index (χ4n) is 3.48. The third-order valence-electron chi connectivity index (χ3n) is 4.92. The maximum absolute atomic E-state index is 12.5. The van der Waals surface area contributed by atoms with Crippen LogP contribution in [0.5, 0.6) is 5.75 Å². The van der Waals surface area contributed by atoms with Gasteiger partial charge in [0.1, 0.15) is 5.75 Å². The zero-order valence-corrected chi connectivity index (χ0v) is 16.3. The molecule has 1 saturated carbocycles. The zero-order chi connectivity index (χ0) is 19.6. The molecule has 0 saturated heterocycles. The van der Waals surface area contributed by atoms with E-state index in [1.54, 1.807) is 19.1 Å². The number of esters is 1. The Kier molecular flexibility index (Phi) is 8.58. The zero-order valence-electron chi connectivity index (χ0n) is 16.3. The topological polar surface area (TPSA) is 84.9 Å². The lowest BCUT2D eigenvalue weighted by Gasteiger charge is -2.22. The van der Waals surface area contributed by atoms with Crippen LogP contribution in [0.15, 0.2) is 18.2 Å². The SMILES string of the molecule is CCOC(=O)C(Cc1ccc(O)c(C(=O)NCC2CCCCC2)c1)OCC. The molecule has 1 atom stereocenters. The average Bonchev–Trinajstić information content (AvgIpc) is 2.68. The van der Waals surface area contributed by atoms with Crippen LogP contribution in [0.2, 0.25) is 0 Å². The van der Waals surface area contributed by atoms with E-state index in [-0.39, 0.29) is 30.2 Å². The molecule has 1 unspecified atom stereocenters. The van der Waals surface area contributed by atoms with E-state index in [2.05, 4.69) is 5.32 Å². The number of benzene rings is 1. The lowest BCUT2D eigenvalue weighted by molar-refractivity contribution is -0.156. The van der Waals surface area contributed by atoms with Gasteiger partial charge in [-0.05, 0) is 50.3 Å². The van der Waals surface area contributed by atoms with Crippen LogP contribution in [0.4, 0.5) is 0 Å². The number of hydrogen-bond acceptors (Lipinski definition) is 5. The average molecular weight is 377 g/mol. The Bertz CT molecular complexity index is 625. The number of ether oxygens (including phenoxy) is 2. The first-order valence-electron chi connectivity index (χ1n) is 9.93. The van der Waals surface area contributed by atoms with Crippen molar-refractivity contribution in [1.29, 1.82) is 0 Å². The second-order valence-electron chi connectivity index (χ2n) is 6.97. The lowest BCUT2D eigenvalue weighted by atomic mass is 9.89. The van der Waals surface area contributed by atoms with Crippen molar-refractivity contribution in [2.45, 2.75) is 58.5 Å². The van der Waals surface area contributed by atoms with Crippen LogP contribution < -0.4 is 5.32 Å². The second-order valence-corrected chi connectivity index (χ2v) is 6.97. The van der Waals surface area contributed by atoms with Crippen LogP contribution >= 0.6 is 0 Å². The summed E-state index contributed by atoms with van der Waals surface area (Å²) in [4.78, 5) is 24.5. The smallest absolute Gasteiger partial charge is 0.335 e. The van der Waals surface area contributed by atoms with Crippen molar-refractivity contribution in [1.82, 2.24) is 5.32 Å². The van der Waals surface area contributed by atoms with Crippen LogP contribution in [0.3, 0.4) is 0 Å². The van der Waals surface area contributed by atoms with Crippen molar-refractivity contribution in [2.75, 3.05) is 19.8 Å². The second kappa shape index (κ2) is 10.9. The van der Waals surface area contributed by atoms with Gasteiger partial charge in [0.15, 0.2) is 6.10 Å². The Hall–Kier alpha value is -2.08. The molecule has 27 heavy (non-hydrogen) atoms. The Labute approximate surface area is 161 Å². The van der Waals surface area contributed by atoms with E-state index >= 15 is 0 Å². The van der Waals surface area contributed by atoms with Gasteiger partial charge in [0.25, 0.3) is 5.91 Å². The van der Waals surface area contributed by atoms with Crippen LogP contribution in [-0.2, 0) is 20.7 Å². The van der Waals surface area contributed by atoms with Gasteiger partial charge >= 0.3 is 5.97 Å². The van der Waals surface area contributed by atoms with E-state index in [1.165, 1.54) is 25.3 Å². The number of hydrogen-bond donors (Lipinski definition) is 2. The summed E-state index contributed by atoms with van der Waals surface area (Å²) in [6.45, 7) is 4.86. The quantitative estimate of drug-likeness (QED) is 0.646. The Morgan fingerprint density at radius 3 is 2.59 bits per heavy atom. The molecule has 6 nitrogen and oxygen atoms in total. The Morgan fingerprint density at radius 2 is 1.93 bits per heavy atom. The van der Waals surface area contributed by atoms with Gasteiger partial charge in [-0.1, -0.05) is 25.3 Å². The summed E-state index contributed by atoms with van der Waals surface area (Å²) in [7, 11) is 0. The summed E-state index contributed by atoms with van der Waals surface area (Å²) in [6, 6.07) is 4.80. The van der Waals surface area contributed by atoms with Crippen molar-refractivity contribution in [2.24, 2.45) is 5.92 Å². The standard InChI is InChI=1S/C21H31NO5/c1-3-26-19(21(25)27-4-2)13-16-10-11-18(23)17(12-16)20(24)22-14-15-8-6-5-7-9-15/h10-12,15,19,23H,3-9,13-14H2,1-2H3,(H,22,24). The Balaban J connectivity index is 2.02. The number of phenols is 1. The summed E-state index contributed by atoms with van der Waals surface area (Å²) >= 11 is 0. The van der Waals surface area contributed by atoms with Crippen molar-refractivity contribution >= 4 is 11.9 Å². The van der Waals surface area contributed by atoms with Crippen LogP contribution in [0, 0.1) is 5.92 Å². The van der Waals surface area contributed by atoms with Gasteiger partial charge in [0.2, 0.25) is 0 Å². The number of nitrogens with one attached hydrogen (secondary N) is 1. The summed E-state index contributed by atoms with van der Waals surface area (Å²) < 4.78 is 10.5. The third-order valence-corrected chi connectivity index (χ3v) is 4.92. The molecule has 0 heterocycles. The molecule has 1 aliphatic rings. The molecule has 0 aromatic heterocycles. The van der Waals surface area contributed by atoms with Crippen LogP contribution in [0.1, 0.15) is 61.9 Å². The van der Waals surface area contributed by atoms with Crippen molar-refractivity contribution in [3.8, 4) is 5.75 Å². The predicted octanol–water partition coefficient (Wildman–Crippen LogP) is 3.21. The van der Waals surface area contributed by atoms with Crippen molar-refractivity contribution in [3.05, 3.63) is 29.3 Å². The van der Waals surface area contributed by atoms with Gasteiger partial charge in [-0.15, -0.1) is 0 Å². The highest BCUT2D eigenvalue weighted by atomic mass is 16.6. The molecule has 1 aromatic rings. The molecule has 0 spiro atoms. The first-order chi connectivity index (χ1) is 13.0. The molecule has 0 aliphatic heterocycles. The first kappa shape index (κ1) is 21.2. The van der Waals surface area contributed by atoms with E-state index in [4.69, 9.17) is 9.47 Å². The highest BCUT2D eigenvalue weighted by Crippen LogP contribution is 2.24. The predicted molar refractivity (Wildman–Crippen MR) is 103 cm³/mol. The van der Waals surface area contributed by atoms with E-state index in [0.29, 0.717) is 19.1 Å². The molecule has 2 rings (SSSR count). The minimum absolute atomic E-state index is 0.0658. The van der Waals surface area contributed by atoms with Crippen molar-refractivity contribution in [3.63, 3.8) is 0 Å². The molecule has 150 valence electrons. The Morgan fingerprint density at radius 1 is 1.19 bits per heavy atom. The number of rotatable bonds is 9. The maximum atomic E-state index is 12.5. The highest BCUT2D eigenvalue weighted by Gasteiger charge is 2.22. The highest BCUT2D eigenvalue weighted by molar-refractivity contribution is 5.97. The van der Waals surface area contributed by atoms with E-state index < -0.39 is 12.1 Å². The monoisotopic (exact) mass is 377 g/mol. The molecule has 1 fully saturated rings.